The van der Waals surface area contributed by atoms with Crippen LogP contribution in [0.3, 0.4) is 0 Å². The van der Waals surface area contributed by atoms with Gasteiger partial charge in [0.1, 0.15) is 0 Å². The summed E-state index contributed by atoms with van der Waals surface area (Å²) < 4.78 is 0.994. The van der Waals surface area contributed by atoms with Crippen molar-refractivity contribution in [2.45, 2.75) is 0 Å². The second kappa shape index (κ2) is 5.69. The summed E-state index contributed by atoms with van der Waals surface area (Å²) in [7, 11) is 1.88. The third kappa shape index (κ3) is 2.54. The molecule has 0 amide bonds. The molecule has 0 spiro atoms. The fraction of sp³-hybridized carbons (Fsp3) is 0.0714. The molecule has 18 heavy (non-hydrogen) atoms. The van der Waals surface area contributed by atoms with Crippen molar-refractivity contribution >= 4 is 27.3 Å². The summed E-state index contributed by atoms with van der Waals surface area (Å²) >= 11 is 3.47. The minimum Gasteiger partial charge on any atom is -0.388 e. The molecule has 2 aromatic rings. The highest BCUT2D eigenvalue weighted by Crippen LogP contribution is 2.23. The van der Waals surface area contributed by atoms with Crippen LogP contribution in [0.5, 0.6) is 0 Å². The standard InChI is InChI=1S/C14H14BrN3/c1-17-13-8-7-11(15)9-12(13)14(18-16)10-5-3-2-4-6-10/h2-9,17H,16H2,1H3. The zero-order chi connectivity index (χ0) is 13.0. The van der Waals surface area contributed by atoms with E-state index in [1.165, 1.54) is 0 Å². The summed E-state index contributed by atoms with van der Waals surface area (Å²) in [5.41, 5.74) is 3.72. The van der Waals surface area contributed by atoms with Gasteiger partial charge in [-0.05, 0) is 18.2 Å². The molecule has 0 saturated heterocycles. The number of halogens is 1. The van der Waals surface area contributed by atoms with Crippen molar-refractivity contribution < 1.29 is 0 Å². The minimum absolute atomic E-state index is 0.765. The molecule has 0 heterocycles. The number of nitrogens with two attached hydrogens (primary N) is 1. The van der Waals surface area contributed by atoms with Crippen molar-refractivity contribution in [3.63, 3.8) is 0 Å². The first-order chi connectivity index (χ1) is 8.76. The second-order valence-corrected chi connectivity index (χ2v) is 4.70. The number of rotatable bonds is 3. The van der Waals surface area contributed by atoms with Crippen molar-refractivity contribution in [2.24, 2.45) is 10.9 Å². The van der Waals surface area contributed by atoms with Crippen LogP contribution in [0, 0.1) is 0 Å². The van der Waals surface area contributed by atoms with E-state index in [1.807, 2.05) is 55.6 Å². The highest BCUT2D eigenvalue weighted by Gasteiger charge is 2.11. The molecule has 4 heteroatoms. The molecular weight excluding hydrogens is 290 g/mol. The maximum absolute atomic E-state index is 5.56. The fourth-order valence-corrected chi connectivity index (χ4v) is 2.19. The van der Waals surface area contributed by atoms with Crippen LogP contribution in [-0.4, -0.2) is 12.8 Å². The van der Waals surface area contributed by atoms with Crippen LogP contribution in [0.2, 0.25) is 0 Å². The highest BCUT2D eigenvalue weighted by atomic mass is 79.9. The molecule has 0 radical (unpaired) electrons. The smallest absolute Gasteiger partial charge is 0.0992 e. The number of benzene rings is 2. The monoisotopic (exact) mass is 303 g/mol. The topological polar surface area (TPSA) is 50.4 Å². The summed E-state index contributed by atoms with van der Waals surface area (Å²) in [6, 6.07) is 15.9. The van der Waals surface area contributed by atoms with Gasteiger partial charge in [0.2, 0.25) is 0 Å². The van der Waals surface area contributed by atoms with E-state index in [9.17, 15) is 0 Å². The molecule has 2 rings (SSSR count). The maximum atomic E-state index is 5.56. The molecule has 92 valence electrons. The first-order valence-corrected chi connectivity index (χ1v) is 6.36. The van der Waals surface area contributed by atoms with Gasteiger partial charge in [0.15, 0.2) is 0 Å². The van der Waals surface area contributed by atoms with Gasteiger partial charge in [0.25, 0.3) is 0 Å². The fourth-order valence-electron chi connectivity index (χ4n) is 1.83. The summed E-state index contributed by atoms with van der Waals surface area (Å²) in [6.45, 7) is 0. The summed E-state index contributed by atoms with van der Waals surface area (Å²) in [6.07, 6.45) is 0. The van der Waals surface area contributed by atoms with E-state index in [-0.39, 0.29) is 0 Å². The van der Waals surface area contributed by atoms with E-state index >= 15 is 0 Å². The van der Waals surface area contributed by atoms with Gasteiger partial charge in [-0.3, -0.25) is 0 Å². The third-order valence-electron chi connectivity index (χ3n) is 2.68. The number of hydrazone groups is 1. The van der Waals surface area contributed by atoms with Gasteiger partial charge >= 0.3 is 0 Å². The Hall–Kier alpha value is -1.81. The van der Waals surface area contributed by atoms with Crippen molar-refractivity contribution in [3.8, 4) is 0 Å². The van der Waals surface area contributed by atoms with E-state index < -0.39 is 0 Å². The van der Waals surface area contributed by atoms with E-state index in [0.29, 0.717) is 0 Å². The van der Waals surface area contributed by atoms with Gasteiger partial charge in [-0.1, -0.05) is 46.3 Å². The molecule has 0 fully saturated rings. The lowest BCUT2D eigenvalue weighted by atomic mass is 10.0. The number of hydrogen-bond donors (Lipinski definition) is 2. The van der Waals surface area contributed by atoms with Gasteiger partial charge in [-0.15, -0.1) is 0 Å². The van der Waals surface area contributed by atoms with Crippen LogP contribution < -0.4 is 11.2 Å². The summed E-state index contributed by atoms with van der Waals surface area (Å²) in [4.78, 5) is 0. The average Bonchev–Trinajstić information content (AvgIpc) is 2.41. The predicted octanol–water partition coefficient (Wildman–Crippen LogP) is 3.20. The molecule has 0 aromatic heterocycles. The van der Waals surface area contributed by atoms with Gasteiger partial charge in [0.05, 0.1) is 5.71 Å². The lowest BCUT2D eigenvalue weighted by Gasteiger charge is -2.12. The SMILES string of the molecule is CNc1ccc(Br)cc1C(=NN)c1ccccc1. The average molecular weight is 304 g/mol. The molecule has 0 unspecified atom stereocenters. The Morgan fingerprint density at radius 2 is 1.89 bits per heavy atom. The van der Waals surface area contributed by atoms with Crippen LogP contribution in [0.4, 0.5) is 5.69 Å². The molecule has 0 aliphatic heterocycles. The molecule has 3 nitrogen and oxygen atoms in total. The molecule has 2 aromatic carbocycles. The number of nitrogens with zero attached hydrogens (tertiary/aromatic N) is 1. The Morgan fingerprint density at radius 1 is 1.17 bits per heavy atom. The van der Waals surface area contributed by atoms with Crippen LogP contribution >= 0.6 is 15.9 Å². The molecule has 3 N–H and O–H groups in total. The summed E-state index contributed by atoms with van der Waals surface area (Å²) in [5, 5.41) is 7.08. The number of anilines is 1. The predicted molar refractivity (Wildman–Crippen MR) is 80.0 cm³/mol. The zero-order valence-corrected chi connectivity index (χ0v) is 11.6. The minimum atomic E-state index is 0.765. The molecular formula is C14H14BrN3. The quantitative estimate of drug-likeness (QED) is 0.520. The van der Waals surface area contributed by atoms with Gasteiger partial charge in [0, 0.05) is 28.3 Å². The van der Waals surface area contributed by atoms with E-state index in [4.69, 9.17) is 5.84 Å². The number of nitrogens with one attached hydrogen (secondary N) is 1. The van der Waals surface area contributed by atoms with Gasteiger partial charge in [-0.2, -0.15) is 5.10 Å². The third-order valence-corrected chi connectivity index (χ3v) is 3.18. The lowest BCUT2D eigenvalue weighted by molar-refractivity contribution is 1.24. The lowest BCUT2D eigenvalue weighted by Crippen LogP contribution is -2.09. The van der Waals surface area contributed by atoms with Crippen molar-refractivity contribution in [2.75, 3.05) is 12.4 Å². The zero-order valence-electron chi connectivity index (χ0n) is 10.0. The van der Waals surface area contributed by atoms with Crippen molar-refractivity contribution in [1.29, 1.82) is 0 Å². The van der Waals surface area contributed by atoms with Crippen LogP contribution in [0.15, 0.2) is 58.1 Å². The van der Waals surface area contributed by atoms with Crippen molar-refractivity contribution in [3.05, 3.63) is 64.1 Å². The Morgan fingerprint density at radius 3 is 2.50 bits per heavy atom. The van der Waals surface area contributed by atoms with E-state index in [1.54, 1.807) is 0 Å². The molecule has 0 aliphatic rings. The van der Waals surface area contributed by atoms with Crippen LogP contribution in [0.1, 0.15) is 11.1 Å². The maximum Gasteiger partial charge on any atom is 0.0992 e. The largest absolute Gasteiger partial charge is 0.388 e. The van der Waals surface area contributed by atoms with Crippen LogP contribution in [-0.2, 0) is 0 Å². The molecule has 0 saturated carbocycles. The Kier molecular flexibility index (Phi) is 3.99. The Balaban J connectivity index is 2.56. The van der Waals surface area contributed by atoms with Crippen LogP contribution in [0.25, 0.3) is 0 Å². The van der Waals surface area contributed by atoms with Gasteiger partial charge < -0.3 is 11.2 Å². The molecule has 0 bridgehead atoms. The summed E-state index contributed by atoms with van der Waals surface area (Å²) in [5.74, 6) is 5.56. The Bertz CT molecular complexity index is 565. The highest BCUT2D eigenvalue weighted by molar-refractivity contribution is 9.10. The van der Waals surface area contributed by atoms with E-state index in [2.05, 4.69) is 26.3 Å². The molecule has 0 aliphatic carbocycles. The molecule has 0 atom stereocenters. The van der Waals surface area contributed by atoms with Crippen molar-refractivity contribution in [1.82, 2.24) is 0 Å². The van der Waals surface area contributed by atoms with E-state index in [0.717, 1.165) is 27.0 Å². The Labute approximate surface area is 115 Å². The second-order valence-electron chi connectivity index (χ2n) is 3.78. The first-order valence-electron chi connectivity index (χ1n) is 5.57. The number of hydrogen-bond acceptors (Lipinski definition) is 3. The first kappa shape index (κ1) is 12.6. The normalized spacial score (nSPS) is 11.3. The van der Waals surface area contributed by atoms with Gasteiger partial charge in [-0.25, -0.2) is 0 Å².